The molecular weight excluding hydrogens is 302 g/mol. The molecule has 1 N–H and O–H groups in total. The van der Waals surface area contributed by atoms with Gasteiger partial charge in [-0.05, 0) is 30.8 Å². The first-order valence-corrected chi connectivity index (χ1v) is 8.40. The molecule has 1 atom stereocenters. The molecule has 1 aromatic rings. The fraction of sp³-hybridized carbons (Fsp3) is 0.600. The van der Waals surface area contributed by atoms with Crippen LogP contribution in [0, 0.1) is 11.3 Å². The molecule has 7 heteroatoms. The summed E-state index contributed by atoms with van der Waals surface area (Å²) in [6.07, 6.45) is 2.99. The SMILES string of the molecule is N#Cc1ccsc1NC(=O)CN1CCCC[C@H]1C1OCCO1. The average molecular weight is 321 g/mol. The quantitative estimate of drug-likeness (QED) is 0.915. The van der Waals surface area contributed by atoms with Gasteiger partial charge in [0.25, 0.3) is 0 Å². The van der Waals surface area contributed by atoms with Crippen LogP contribution in [0.1, 0.15) is 24.8 Å². The molecule has 1 aromatic heterocycles. The van der Waals surface area contributed by atoms with Gasteiger partial charge in [0.15, 0.2) is 6.29 Å². The summed E-state index contributed by atoms with van der Waals surface area (Å²) in [5.41, 5.74) is 0.510. The number of thiophene rings is 1. The highest BCUT2D eigenvalue weighted by Crippen LogP contribution is 2.25. The second-order valence-electron chi connectivity index (χ2n) is 5.47. The number of carbonyl (C=O) groups is 1. The van der Waals surface area contributed by atoms with Gasteiger partial charge in [0.05, 0.1) is 31.4 Å². The maximum Gasteiger partial charge on any atom is 0.239 e. The van der Waals surface area contributed by atoms with Crippen molar-refractivity contribution in [1.29, 1.82) is 5.26 Å². The highest BCUT2D eigenvalue weighted by atomic mass is 32.1. The Bertz CT molecular complexity index is 563. The first-order valence-electron chi connectivity index (χ1n) is 7.52. The summed E-state index contributed by atoms with van der Waals surface area (Å²) in [4.78, 5) is 14.4. The Morgan fingerprint density at radius 2 is 2.27 bits per heavy atom. The third-order valence-corrected chi connectivity index (χ3v) is 4.84. The molecule has 2 aliphatic heterocycles. The summed E-state index contributed by atoms with van der Waals surface area (Å²) in [6, 6.07) is 3.93. The summed E-state index contributed by atoms with van der Waals surface area (Å²) < 4.78 is 11.2. The number of piperidine rings is 1. The van der Waals surface area contributed by atoms with E-state index in [1.807, 2.05) is 0 Å². The molecular formula is C15H19N3O3S. The van der Waals surface area contributed by atoms with E-state index in [1.54, 1.807) is 11.4 Å². The van der Waals surface area contributed by atoms with Crippen molar-refractivity contribution in [2.45, 2.75) is 31.6 Å². The molecule has 0 spiro atoms. The van der Waals surface area contributed by atoms with Gasteiger partial charge >= 0.3 is 0 Å². The van der Waals surface area contributed by atoms with Crippen molar-refractivity contribution in [3.8, 4) is 6.07 Å². The first kappa shape index (κ1) is 15.4. The molecule has 0 aliphatic carbocycles. The number of nitrogens with zero attached hydrogens (tertiary/aromatic N) is 2. The molecule has 2 aliphatic rings. The van der Waals surface area contributed by atoms with Gasteiger partial charge in [-0.1, -0.05) is 6.42 Å². The lowest BCUT2D eigenvalue weighted by Gasteiger charge is -2.37. The third kappa shape index (κ3) is 3.47. The Morgan fingerprint density at radius 3 is 3.05 bits per heavy atom. The van der Waals surface area contributed by atoms with Gasteiger partial charge < -0.3 is 14.8 Å². The zero-order valence-corrected chi connectivity index (χ0v) is 13.1. The van der Waals surface area contributed by atoms with Crippen molar-refractivity contribution in [3.05, 3.63) is 17.0 Å². The number of hydrogen-bond acceptors (Lipinski definition) is 6. The van der Waals surface area contributed by atoms with Crippen LogP contribution >= 0.6 is 11.3 Å². The number of anilines is 1. The van der Waals surface area contributed by atoms with Gasteiger partial charge in [-0.2, -0.15) is 5.26 Å². The van der Waals surface area contributed by atoms with Crippen molar-refractivity contribution < 1.29 is 14.3 Å². The number of amides is 1. The van der Waals surface area contributed by atoms with Gasteiger partial charge in [-0.15, -0.1) is 11.3 Å². The summed E-state index contributed by atoms with van der Waals surface area (Å²) in [5.74, 6) is -0.0937. The average Bonchev–Trinajstić information content (AvgIpc) is 3.18. The second kappa shape index (κ2) is 7.20. The Balaban J connectivity index is 1.60. The van der Waals surface area contributed by atoms with Crippen molar-refractivity contribution in [3.63, 3.8) is 0 Å². The minimum Gasteiger partial charge on any atom is -0.349 e. The van der Waals surface area contributed by atoms with Gasteiger partial charge in [-0.25, -0.2) is 0 Å². The predicted octanol–water partition coefficient (Wildman–Crippen LogP) is 1.79. The molecule has 118 valence electrons. The van der Waals surface area contributed by atoms with E-state index in [9.17, 15) is 4.79 Å². The molecule has 6 nitrogen and oxygen atoms in total. The fourth-order valence-electron chi connectivity index (χ4n) is 2.96. The van der Waals surface area contributed by atoms with E-state index < -0.39 is 0 Å². The van der Waals surface area contributed by atoms with Crippen LogP contribution in [0.3, 0.4) is 0 Å². The van der Waals surface area contributed by atoms with Gasteiger partial charge in [0.1, 0.15) is 11.1 Å². The van der Waals surface area contributed by atoms with Crippen LogP contribution in [0.25, 0.3) is 0 Å². The van der Waals surface area contributed by atoms with Gasteiger partial charge in [0.2, 0.25) is 5.91 Å². The largest absolute Gasteiger partial charge is 0.349 e. The lowest BCUT2D eigenvalue weighted by Crippen LogP contribution is -2.50. The Labute approximate surface area is 133 Å². The molecule has 1 amide bonds. The number of rotatable bonds is 4. The smallest absolute Gasteiger partial charge is 0.239 e. The second-order valence-corrected chi connectivity index (χ2v) is 6.38. The zero-order valence-electron chi connectivity index (χ0n) is 12.3. The standard InChI is InChI=1S/C15H19N3O3S/c16-9-11-4-8-22-14(11)17-13(19)10-18-5-2-1-3-12(18)15-20-6-7-21-15/h4,8,12,15H,1-3,5-7,10H2,(H,17,19)/t12-/m0/s1. The van der Waals surface area contributed by atoms with Gasteiger partial charge in [0, 0.05) is 0 Å². The number of carbonyl (C=O) groups excluding carboxylic acids is 1. The first-order chi connectivity index (χ1) is 10.8. The summed E-state index contributed by atoms with van der Waals surface area (Å²) in [6.45, 7) is 2.43. The molecule has 0 radical (unpaired) electrons. The number of hydrogen-bond donors (Lipinski definition) is 1. The van der Waals surface area contributed by atoms with Crippen LogP contribution in [0.4, 0.5) is 5.00 Å². The Kier molecular flexibility index (Phi) is 5.05. The van der Waals surface area contributed by atoms with E-state index >= 15 is 0 Å². The maximum absolute atomic E-state index is 12.3. The molecule has 0 aromatic carbocycles. The van der Waals surface area contributed by atoms with Crippen LogP contribution in [0.2, 0.25) is 0 Å². The summed E-state index contributed by atoms with van der Waals surface area (Å²) in [7, 11) is 0. The molecule has 2 saturated heterocycles. The van der Waals surface area contributed by atoms with Crippen LogP contribution in [0.15, 0.2) is 11.4 Å². The van der Waals surface area contributed by atoms with Crippen LogP contribution < -0.4 is 5.32 Å². The Hall–Kier alpha value is -1.46. The van der Waals surface area contributed by atoms with Crippen LogP contribution in [-0.2, 0) is 14.3 Å². The molecule has 0 bridgehead atoms. The Morgan fingerprint density at radius 1 is 1.45 bits per heavy atom. The number of likely N-dealkylation sites (tertiary alicyclic amines) is 1. The number of nitriles is 1. The monoisotopic (exact) mass is 321 g/mol. The molecule has 22 heavy (non-hydrogen) atoms. The lowest BCUT2D eigenvalue weighted by atomic mass is 10.0. The van der Waals surface area contributed by atoms with Crippen LogP contribution in [0.5, 0.6) is 0 Å². The molecule has 3 rings (SSSR count). The van der Waals surface area contributed by atoms with Crippen molar-refractivity contribution in [2.75, 3.05) is 31.6 Å². The number of ether oxygens (including phenoxy) is 2. The minimum absolute atomic E-state index is 0.0937. The molecule has 0 saturated carbocycles. The summed E-state index contributed by atoms with van der Waals surface area (Å²) in [5, 5.41) is 14.2. The minimum atomic E-state index is -0.218. The third-order valence-electron chi connectivity index (χ3n) is 4.01. The molecule has 2 fully saturated rings. The predicted molar refractivity (Wildman–Crippen MR) is 82.6 cm³/mol. The van der Waals surface area contributed by atoms with E-state index in [2.05, 4.69) is 16.3 Å². The molecule has 0 unspecified atom stereocenters. The normalized spacial score (nSPS) is 23.3. The van der Waals surface area contributed by atoms with E-state index in [0.29, 0.717) is 30.3 Å². The van der Waals surface area contributed by atoms with Crippen molar-refractivity contribution in [1.82, 2.24) is 4.90 Å². The lowest BCUT2D eigenvalue weighted by molar-refractivity contribution is -0.127. The van der Waals surface area contributed by atoms with E-state index in [0.717, 1.165) is 25.8 Å². The molecule has 3 heterocycles. The van der Waals surface area contributed by atoms with Gasteiger partial charge in [-0.3, -0.25) is 9.69 Å². The van der Waals surface area contributed by atoms with Crippen molar-refractivity contribution >= 4 is 22.2 Å². The van der Waals surface area contributed by atoms with E-state index in [1.165, 1.54) is 11.3 Å². The van der Waals surface area contributed by atoms with Crippen molar-refractivity contribution in [2.24, 2.45) is 0 Å². The van der Waals surface area contributed by atoms with E-state index in [4.69, 9.17) is 14.7 Å². The highest BCUT2D eigenvalue weighted by Gasteiger charge is 2.34. The van der Waals surface area contributed by atoms with E-state index in [-0.39, 0.29) is 18.2 Å². The summed E-state index contributed by atoms with van der Waals surface area (Å²) >= 11 is 1.37. The van der Waals surface area contributed by atoms with Crippen LogP contribution in [-0.4, -0.2) is 49.4 Å². The topological polar surface area (TPSA) is 74.6 Å². The number of nitrogens with one attached hydrogen (secondary N) is 1. The maximum atomic E-state index is 12.3. The zero-order chi connectivity index (χ0) is 15.4. The fourth-order valence-corrected chi connectivity index (χ4v) is 3.72. The highest BCUT2D eigenvalue weighted by molar-refractivity contribution is 7.14.